The van der Waals surface area contributed by atoms with Gasteiger partial charge in [-0.25, -0.2) is 0 Å². The Morgan fingerprint density at radius 3 is 3.05 bits per heavy atom. The summed E-state index contributed by atoms with van der Waals surface area (Å²) in [5.74, 6) is 2.44. The van der Waals surface area contributed by atoms with Crippen molar-refractivity contribution < 1.29 is 9.84 Å². The van der Waals surface area contributed by atoms with Crippen molar-refractivity contribution in [3.8, 4) is 5.75 Å². The fourth-order valence-corrected chi connectivity index (χ4v) is 2.56. The van der Waals surface area contributed by atoms with E-state index >= 15 is 0 Å². The normalized spacial score (nSPS) is 18.1. The van der Waals surface area contributed by atoms with Crippen molar-refractivity contribution in [2.24, 2.45) is 0 Å². The molecular weight excluding hydrogens is 242 g/mol. The van der Waals surface area contributed by atoms with Gasteiger partial charge in [0.2, 0.25) is 0 Å². The quantitative estimate of drug-likeness (QED) is 0.911. The lowest BCUT2D eigenvalue weighted by atomic mass is 10.1. The van der Waals surface area contributed by atoms with E-state index in [0.717, 1.165) is 36.5 Å². The molecule has 3 rings (SSSR count). The summed E-state index contributed by atoms with van der Waals surface area (Å²) in [5.41, 5.74) is 1.08. The van der Waals surface area contributed by atoms with Gasteiger partial charge < -0.3 is 14.4 Å². The fraction of sp³-hybridized carbons (Fsp3) is 0.429. The number of aliphatic hydroxyl groups is 1. The van der Waals surface area contributed by atoms with Gasteiger partial charge in [0.05, 0.1) is 7.11 Å². The largest absolute Gasteiger partial charge is 0.496 e. The topological polar surface area (TPSA) is 60.2 Å². The molecule has 0 saturated heterocycles. The molecule has 0 amide bonds. The highest BCUT2D eigenvalue weighted by atomic mass is 16.5. The molecule has 5 nitrogen and oxygen atoms in total. The van der Waals surface area contributed by atoms with Crippen LogP contribution in [-0.4, -0.2) is 27.0 Å². The summed E-state index contributed by atoms with van der Waals surface area (Å²) in [6.45, 7) is 0.879. The lowest BCUT2D eigenvalue weighted by molar-refractivity contribution is 0.133. The molecule has 0 saturated carbocycles. The van der Waals surface area contributed by atoms with Crippen LogP contribution in [0, 0.1) is 0 Å². The molecule has 0 fully saturated rings. The van der Waals surface area contributed by atoms with Crippen LogP contribution < -0.4 is 4.74 Å². The van der Waals surface area contributed by atoms with E-state index in [9.17, 15) is 5.11 Å². The average Bonchev–Trinajstić information content (AvgIpc) is 2.84. The van der Waals surface area contributed by atoms with Crippen LogP contribution in [-0.2, 0) is 13.0 Å². The maximum absolute atomic E-state index is 9.89. The molecule has 1 aromatic carbocycles. The minimum Gasteiger partial charge on any atom is -0.496 e. The van der Waals surface area contributed by atoms with Crippen LogP contribution in [0.2, 0.25) is 0 Å². The van der Waals surface area contributed by atoms with Crippen molar-refractivity contribution in [3.63, 3.8) is 0 Å². The van der Waals surface area contributed by atoms with Crippen molar-refractivity contribution in [2.45, 2.75) is 31.9 Å². The third kappa shape index (κ3) is 2.21. The van der Waals surface area contributed by atoms with Gasteiger partial charge in [-0.1, -0.05) is 18.2 Å². The minimum atomic E-state index is -0.479. The number of ether oxygens (including phenoxy) is 1. The van der Waals surface area contributed by atoms with E-state index in [2.05, 4.69) is 10.2 Å². The second-order valence-corrected chi connectivity index (χ2v) is 4.77. The molecule has 1 aromatic heterocycles. The average molecular weight is 259 g/mol. The second-order valence-electron chi connectivity index (χ2n) is 4.77. The van der Waals surface area contributed by atoms with Gasteiger partial charge in [0.25, 0.3) is 0 Å². The molecule has 1 aliphatic heterocycles. The molecule has 0 radical (unpaired) electrons. The molecule has 2 heterocycles. The molecule has 1 atom stereocenters. The Balaban J connectivity index is 1.92. The predicted octanol–water partition coefficient (Wildman–Crippen LogP) is 1.70. The number of benzene rings is 1. The maximum Gasteiger partial charge on any atom is 0.161 e. The van der Waals surface area contributed by atoms with Gasteiger partial charge in [-0.3, -0.25) is 0 Å². The first-order valence-electron chi connectivity index (χ1n) is 6.51. The molecule has 0 bridgehead atoms. The number of nitrogens with zero attached hydrogens (tertiary/aromatic N) is 3. The Bertz CT molecular complexity index is 580. The van der Waals surface area contributed by atoms with Crippen molar-refractivity contribution in [3.05, 3.63) is 41.5 Å². The summed E-state index contributed by atoms with van der Waals surface area (Å²) in [4.78, 5) is 0. The van der Waals surface area contributed by atoms with Gasteiger partial charge in [0.1, 0.15) is 17.7 Å². The zero-order chi connectivity index (χ0) is 13.2. The molecule has 5 heteroatoms. The van der Waals surface area contributed by atoms with Crippen LogP contribution in [0.5, 0.6) is 5.75 Å². The zero-order valence-electron chi connectivity index (χ0n) is 10.9. The number of fused-ring (bicyclic) bond motifs is 1. The summed E-state index contributed by atoms with van der Waals surface area (Å²) in [7, 11) is 1.67. The van der Waals surface area contributed by atoms with E-state index in [1.54, 1.807) is 7.11 Å². The van der Waals surface area contributed by atoms with Crippen molar-refractivity contribution in [1.29, 1.82) is 0 Å². The van der Waals surface area contributed by atoms with E-state index in [0.29, 0.717) is 12.2 Å². The Hall–Kier alpha value is -1.88. The highest BCUT2D eigenvalue weighted by Gasteiger charge is 2.23. The summed E-state index contributed by atoms with van der Waals surface area (Å²) in [6, 6.07) is 7.91. The standard InChI is InChI=1S/C14H17N3O2/c1-19-12-7-3-2-5-10(12)9-13-15-16-14-11(18)6-4-8-17(13)14/h2-3,5,7,11,18H,4,6,8-9H2,1H3. The molecule has 2 aromatic rings. The zero-order valence-corrected chi connectivity index (χ0v) is 10.9. The first-order valence-corrected chi connectivity index (χ1v) is 6.51. The van der Waals surface area contributed by atoms with Crippen LogP contribution in [0.25, 0.3) is 0 Å². The Morgan fingerprint density at radius 1 is 1.37 bits per heavy atom. The molecular formula is C14H17N3O2. The second kappa shape index (κ2) is 5.01. The highest BCUT2D eigenvalue weighted by molar-refractivity contribution is 5.35. The van der Waals surface area contributed by atoms with Crippen LogP contribution >= 0.6 is 0 Å². The molecule has 0 aliphatic carbocycles. The van der Waals surface area contributed by atoms with Crippen LogP contribution in [0.3, 0.4) is 0 Å². The number of hydrogen-bond acceptors (Lipinski definition) is 4. The Morgan fingerprint density at radius 2 is 2.21 bits per heavy atom. The van der Waals surface area contributed by atoms with Crippen LogP contribution in [0.1, 0.15) is 36.2 Å². The molecule has 100 valence electrons. The van der Waals surface area contributed by atoms with Crippen LogP contribution in [0.4, 0.5) is 0 Å². The van der Waals surface area contributed by atoms with Crippen molar-refractivity contribution >= 4 is 0 Å². The Labute approximate surface area is 111 Å². The van der Waals surface area contributed by atoms with Gasteiger partial charge in [0, 0.05) is 18.5 Å². The monoisotopic (exact) mass is 259 g/mol. The fourth-order valence-electron chi connectivity index (χ4n) is 2.56. The lowest BCUT2D eigenvalue weighted by Crippen LogP contribution is -2.17. The minimum absolute atomic E-state index is 0.479. The van der Waals surface area contributed by atoms with E-state index in [4.69, 9.17) is 4.74 Å². The van der Waals surface area contributed by atoms with Crippen LogP contribution in [0.15, 0.2) is 24.3 Å². The summed E-state index contributed by atoms with van der Waals surface area (Å²) >= 11 is 0. The smallest absolute Gasteiger partial charge is 0.161 e. The summed E-state index contributed by atoms with van der Waals surface area (Å²) in [6.07, 6.45) is 1.93. The molecule has 1 aliphatic rings. The highest BCUT2D eigenvalue weighted by Crippen LogP contribution is 2.26. The van der Waals surface area contributed by atoms with Gasteiger partial charge >= 0.3 is 0 Å². The Kier molecular flexibility index (Phi) is 3.21. The number of methoxy groups -OCH3 is 1. The van der Waals surface area contributed by atoms with E-state index in [1.807, 2.05) is 28.8 Å². The number of hydrogen-bond donors (Lipinski definition) is 1. The third-order valence-electron chi connectivity index (χ3n) is 3.55. The number of aliphatic hydroxyl groups excluding tert-OH is 1. The number of para-hydroxylation sites is 1. The first kappa shape index (κ1) is 12.2. The van der Waals surface area contributed by atoms with Gasteiger partial charge in [-0.05, 0) is 18.9 Å². The van der Waals surface area contributed by atoms with E-state index < -0.39 is 6.10 Å². The predicted molar refractivity (Wildman–Crippen MR) is 70.0 cm³/mol. The third-order valence-corrected chi connectivity index (χ3v) is 3.55. The van der Waals surface area contributed by atoms with Gasteiger partial charge in [-0.15, -0.1) is 10.2 Å². The summed E-state index contributed by atoms with van der Waals surface area (Å²) in [5, 5.41) is 18.2. The van der Waals surface area contributed by atoms with E-state index in [1.165, 1.54) is 0 Å². The van der Waals surface area contributed by atoms with Gasteiger partial charge in [-0.2, -0.15) is 0 Å². The number of rotatable bonds is 3. The van der Waals surface area contributed by atoms with Crippen molar-refractivity contribution in [1.82, 2.24) is 14.8 Å². The first-order chi connectivity index (χ1) is 9.29. The van der Waals surface area contributed by atoms with E-state index in [-0.39, 0.29) is 0 Å². The maximum atomic E-state index is 9.89. The lowest BCUT2D eigenvalue weighted by Gasteiger charge is -2.19. The molecule has 19 heavy (non-hydrogen) atoms. The van der Waals surface area contributed by atoms with Gasteiger partial charge in [0.15, 0.2) is 5.82 Å². The molecule has 1 N–H and O–H groups in total. The number of aromatic nitrogens is 3. The van der Waals surface area contributed by atoms with Crippen molar-refractivity contribution in [2.75, 3.05) is 7.11 Å². The SMILES string of the molecule is COc1ccccc1Cc1nnc2n1CCCC2O. The molecule has 0 spiro atoms. The summed E-state index contributed by atoms with van der Waals surface area (Å²) < 4.78 is 7.38. The molecule has 1 unspecified atom stereocenters.